The summed E-state index contributed by atoms with van der Waals surface area (Å²) in [4.78, 5) is 52.9. The van der Waals surface area contributed by atoms with Crippen molar-refractivity contribution in [3.8, 4) is 0 Å². The molecule has 4 aliphatic heterocycles. The summed E-state index contributed by atoms with van der Waals surface area (Å²) in [5, 5.41) is 9.84. The Morgan fingerprint density at radius 1 is 0.486 bits per heavy atom. The fraction of sp³-hybridized carbons (Fsp3) is 0.840. The van der Waals surface area contributed by atoms with Gasteiger partial charge < -0.3 is 0 Å². The van der Waals surface area contributed by atoms with Crippen molar-refractivity contribution >= 4 is 130 Å². The average Bonchev–Trinajstić information content (AvgIpc) is 3.66. The van der Waals surface area contributed by atoms with Crippen LogP contribution in [0.2, 0.25) is 42.6 Å². The Kier molecular flexibility index (Phi) is 14.5. The van der Waals surface area contributed by atoms with Gasteiger partial charge in [0.15, 0.2) is 0 Å². The molecule has 0 amide bonds. The molecule has 4 heterocycles. The van der Waals surface area contributed by atoms with Gasteiger partial charge in [-0.05, 0) is 0 Å². The molecule has 4 saturated heterocycles. The minimum absolute atomic E-state index is 0.179. The molecule has 0 aromatic rings. The summed E-state index contributed by atoms with van der Waals surface area (Å²) in [6.45, 7) is 0. The van der Waals surface area contributed by atoms with Gasteiger partial charge in [-0.15, -0.1) is 0 Å². The number of hydrogen-bond acceptors (Lipinski definition) is 8. The Bertz CT molecular complexity index is 683. The van der Waals surface area contributed by atoms with Crippen LogP contribution in [-0.4, -0.2) is 127 Å². The number of Topliss-reactive ketones (excluding diaryl/α,β-unsaturated/α-hetero) is 4. The van der Waals surface area contributed by atoms with Crippen LogP contribution in [0.15, 0.2) is 0 Å². The summed E-state index contributed by atoms with van der Waals surface area (Å²) >= 11 is 9.04. The van der Waals surface area contributed by atoms with Gasteiger partial charge in [-0.2, -0.15) is 0 Å². The van der Waals surface area contributed by atoms with Crippen LogP contribution in [0.3, 0.4) is 0 Å². The third-order valence-corrected chi connectivity index (χ3v) is 21.7. The molecular formula is C25H36O4S4Se4. The van der Waals surface area contributed by atoms with E-state index in [1.54, 1.807) is 0 Å². The van der Waals surface area contributed by atoms with Gasteiger partial charge >= 0.3 is 267 Å². The van der Waals surface area contributed by atoms with Crippen LogP contribution in [0.1, 0.15) is 25.7 Å². The zero-order valence-electron chi connectivity index (χ0n) is 21.0. The van der Waals surface area contributed by atoms with Crippen molar-refractivity contribution in [3.05, 3.63) is 0 Å². The number of carbonyl (C=O) groups excluding carboxylic acids is 4. The molecule has 0 bridgehead atoms. The number of thioether (sulfide) groups is 4. The molecule has 4 atom stereocenters. The van der Waals surface area contributed by atoms with Crippen molar-refractivity contribution in [2.24, 2.45) is 5.41 Å². The molecule has 4 rings (SSSR count). The van der Waals surface area contributed by atoms with E-state index in [9.17, 15) is 19.2 Å². The summed E-state index contributed by atoms with van der Waals surface area (Å²) < 4.78 is 0. The number of rotatable bonds is 24. The van der Waals surface area contributed by atoms with Gasteiger partial charge in [0.1, 0.15) is 0 Å². The SMILES string of the molecule is O=C(C[Se]CC1CS1)CC(CC(=O)C[Se]CC1CS1)(CC(=O)C[Se]CC1CS1)CC(=O)C[Se]CC1CS1. The monoisotopic (exact) mass is 848 g/mol. The van der Waals surface area contributed by atoms with Gasteiger partial charge in [-0.1, -0.05) is 0 Å². The predicted octanol–water partition coefficient (Wildman–Crippen LogP) is 4.43. The summed E-state index contributed by atoms with van der Waals surface area (Å²) in [6.07, 6.45) is 0.993. The van der Waals surface area contributed by atoms with Crippen molar-refractivity contribution in [1.82, 2.24) is 0 Å². The van der Waals surface area contributed by atoms with Crippen molar-refractivity contribution in [2.75, 3.05) is 23.0 Å². The summed E-state index contributed by atoms with van der Waals surface area (Å²) in [5.41, 5.74) is -0.772. The van der Waals surface area contributed by atoms with E-state index in [1.165, 1.54) is 23.0 Å². The predicted molar refractivity (Wildman–Crippen MR) is 167 cm³/mol. The van der Waals surface area contributed by atoms with Crippen LogP contribution in [0.5, 0.6) is 0 Å². The van der Waals surface area contributed by atoms with Gasteiger partial charge in [0.05, 0.1) is 0 Å². The second kappa shape index (κ2) is 16.7. The third kappa shape index (κ3) is 14.7. The van der Waals surface area contributed by atoms with Gasteiger partial charge in [-0.25, -0.2) is 0 Å². The van der Waals surface area contributed by atoms with E-state index in [1.807, 2.05) is 47.0 Å². The Balaban J connectivity index is 1.37. The van der Waals surface area contributed by atoms with Crippen molar-refractivity contribution in [2.45, 2.75) is 89.2 Å². The van der Waals surface area contributed by atoms with Crippen LogP contribution >= 0.6 is 47.0 Å². The Morgan fingerprint density at radius 2 is 0.703 bits per heavy atom. The molecule has 0 spiro atoms. The van der Waals surface area contributed by atoms with Crippen LogP contribution in [0.25, 0.3) is 0 Å². The molecule has 0 radical (unpaired) electrons. The Morgan fingerprint density at radius 3 is 0.892 bits per heavy atom. The van der Waals surface area contributed by atoms with E-state index in [2.05, 4.69) is 0 Å². The van der Waals surface area contributed by atoms with E-state index >= 15 is 0 Å². The first-order valence-corrected chi connectivity index (χ1v) is 26.6. The molecule has 4 aliphatic rings. The maximum atomic E-state index is 13.2. The topological polar surface area (TPSA) is 68.3 Å². The average molecular weight is 845 g/mol. The van der Waals surface area contributed by atoms with E-state index < -0.39 is 5.41 Å². The molecular weight excluding hydrogens is 808 g/mol. The first-order chi connectivity index (χ1) is 17.9. The summed E-state index contributed by atoms with van der Waals surface area (Å²) in [6, 6.07) is 0. The van der Waals surface area contributed by atoms with Crippen molar-refractivity contribution < 1.29 is 19.2 Å². The first-order valence-electron chi connectivity index (χ1n) is 12.7. The van der Waals surface area contributed by atoms with Gasteiger partial charge in [0.25, 0.3) is 0 Å². The molecule has 0 N–H and O–H groups in total. The standard InChI is InChI=1S/C25H36O4S4Se4/c26-17(9-34-13-21-5-30-21)1-25(2-18(27)10-35-14-22-6-31-22,3-19(28)11-36-15-23-7-32-23)4-20(29)12-37-16-24-8-33-24/h21-24H,1-16H2. The Hall–Kier alpha value is 2.16. The second-order valence-electron chi connectivity index (χ2n) is 10.2. The molecule has 37 heavy (non-hydrogen) atoms. The van der Waals surface area contributed by atoms with E-state index in [0.717, 1.165) is 42.3 Å². The van der Waals surface area contributed by atoms with Crippen molar-refractivity contribution in [1.29, 1.82) is 0 Å². The molecule has 0 saturated carbocycles. The number of ketones is 4. The fourth-order valence-corrected chi connectivity index (χ4v) is 18.2. The molecule has 4 nitrogen and oxygen atoms in total. The van der Waals surface area contributed by atoms with Gasteiger partial charge in [-0.3, -0.25) is 0 Å². The first kappa shape index (κ1) is 32.1. The second-order valence-corrected chi connectivity index (χ2v) is 24.2. The van der Waals surface area contributed by atoms with E-state index in [0.29, 0.717) is 21.3 Å². The molecule has 0 aliphatic carbocycles. The van der Waals surface area contributed by atoms with Crippen LogP contribution in [0.4, 0.5) is 0 Å². The summed E-state index contributed by atoms with van der Waals surface area (Å²) in [5.74, 6) is 5.61. The third-order valence-electron chi connectivity index (χ3n) is 6.17. The zero-order valence-corrected chi connectivity index (χ0v) is 31.1. The quantitative estimate of drug-likeness (QED) is 0.105. The number of hydrogen-bond donors (Lipinski definition) is 0. The molecule has 4 fully saturated rings. The van der Waals surface area contributed by atoms with Crippen LogP contribution in [-0.2, 0) is 19.2 Å². The molecule has 0 aromatic heterocycles. The molecule has 208 valence electrons. The molecule has 0 aromatic carbocycles. The number of carbonyl (C=O) groups is 4. The van der Waals surface area contributed by atoms with E-state index in [4.69, 9.17) is 0 Å². The zero-order chi connectivity index (χ0) is 26.1. The maximum absolute atomic E-state index is 13.2. The van der Waals surface area contributed by atoms with E-state index in [-0.39, 0.29) is 109 Å². The van der Waals surface area contributed by atoms with Gasteiger partial charge in [0, 0.05) is 0 Å². The van der Waals surface area contributed by atoms with Crippen LogP contribution in [0, 0.1) is 5.41 Å². The fourth-order valence-electron chi connectivity index (χ4n) is 4.13. The normalized spacial score (nSPS) is 26.8. The molecule has 4 unspecified atom stereocenters. The van der Waals surface area contributed by atoms with Crippen LogP contribution < -0.4 is 0 Å². The minimum atomic E-state index is -0.772. The Labute approximate surface area is 264 Å². The van der Waals surface area contributed by atoms with Gasteiger partial charge in [0.2, 0.25) is 0 Å². The van der Waals surface area contributed by atoms with Crippen molar-refractivity contribution in [3.63, 3.8) is 0 Å². The summed E-state index contributed by atoms with van der Waals surface area (Å²) in [7, 11) is 0. The molecule has 12 heteroatoms.